The van der Waals surface area contributed by atoms with E-state index < -0.39 is 0 Å². The minimum atomic E-state index is -0.0591. The molecule has 0 radical (unpaired) electrons. The molecular formula is C14H19Cl2N3O2. The summed E-state index contributed by atoms with van der Waals surface area (Å²) >= 11 is 0. The molecule has 0 saturated heterocycles. The van der Waals surface area contributed by atoms with E-state index in [1.807, 2.05) is 24.3 Å². The van der Waals surface area contributed by atoms with Gasteiger partial charge in [-0.1, -0.05) is 12.1 Å². The van der Waals surface area contributed by atoms with Gasteiger partial charge in [-0.3, -0.25) is 0 Å². The number of pyridine rings is 1. The normalized spacial score (nSPS) is 9.29. The van der Waals surface area contributed by atoms with Crippen molar-refractivity contribution in [3.05, 3.63) is 47.5 Å². The van der Waals surface area contributed by atoms with Crippen LogP contribution in [0.4, 0.5) is 11.5 Å². The summed E-state index contributed by atoms with van der Waals surface area (Å²) in [5.41, 5.74) is 8.28. The number of ether oxygens (including phenoxy) is 1. The molecule has 116 valence electrons. The number of rotatable bonds is 5. The van der Waals surface area contributed by atoms with Crippen LogP contribution in [0.1, 0.15) is 11.1 Å². The third-order valence-corrected chi connectivity index (χ3v) is 2.69. The number of benzene rings is 1. The van der Waals surface area contributed by atoms with Crippen molar-refractivity contribution in [2.75, 3.05) is 12.4 Å². The Hall–Kier alpha value is -1.53. The molecule has 1 aromatic carbocycles. The fourth-order valence-corrected chi connectivity index (χ4v) is 1.74. The van der Waals surface area contributed by atoms with Gasteiger partial charge in [0.1, 0.15) is 5.82 Å². The van der Waals surface area contributed by atoms with Crippen molar-refractivity contribution >= 4 is 36.3 Å². The van der Waals surface area contributed by atoms with E-state index in [-0.39, 0.29) is 31.4 Å². The topological polar surface area (TPSA) is 80.4 Å². The van der Waals surface area contributed by atoms with Gasteiger partial charge in [0.15, 0.2) is 0 Å². The van der Waals surface area contributed by atoms with Gasteiger partial charge in [-0.2, -0.15) is 4.98 Å². The molecule has 1 heterocycles. The predicted octanol–water partition coefficient (Wildman–Crippen LogP) is 2.63. The number of nitrogens with two attached hydrogens (primary N) is 1. The Bertz CT molecular complexity index is 545. The predicted molar refractivity (Wildman–Crippen MR) is 88.8 cm³/mol. The molecule has 7 heteroatoms. The van der Waals surface area contributed by atoms with Gasteiger partial charge in [0, 0.05) is 18.3 Å². The van der Waals surface area contributed by atoms with Crippen LogP contribution in [0, 0.1) is 0 Å². The molecule has 0 spiro atoms. The molecule has 0 aliphatic rings. The Morgan fingerprint density at radius 1 is 1.19 bits per heavy atom. The molecule has 2 aromatic rings. The van der Waals surface area contributed by atoms with E-state index in [9.17, 15) is 5.11 Å². The number of nitrogens with zero attached hydrogens (tertiary/aromatic N) is 1. The number of aromatic nitrogens is 1. The maximum absolute atomic E-state index is 9.20. The Morgan fingerprint density at radius 2 is 1.95 bits per heavy atom. The van der Waals surface area contributed by atoms with Crippen LogP contribution < -0.4 is 15.8 Å². The van der Waals surface area contributed by atoms with Crippen molar-refractivity contribution in [3.63, 3.8) is 0 Å². The average molecular weight is 332 g/mol. The lowest BCUT2D eigenvalue weighted by Gasteiger charge is -2.10. The molecule has 0 aliphatic carbocycles. The SMILES string of the molecule is COc1cc(CO)cc(Nc2cccc(CN)c2)n1.Cl.Cl. The van der Waals surface area contributed by atoms with Crippen LogP contribution in [0.3, 0.4) is 0 Å². The Labute approximate surface area is 136 Å². The second-order valence-corrected chi connectivity index (χ2v) is 4.09. The molecule has 0 atom stereocenters. The number of aliphatic hydroxyl groups excluding tert-OH is 1. The monoisotopic (exact) mass is 331 g/mol. The summed E-state index contributed by atoms with van der Waals surface area (Å²) in [6, 6.07) is 11.2. The van der Waals surface area contributed by atoms with Crippen LogP contribution in [0.2, 0.25) is 0 Å². The van der Waals surface area contributed by atoms with Gasteiger partial charge < -0.3 is 20.9 Å². The second-order valence-electron chi connectivity index (χ2n) is 4.09. The van der Waals surface area contributed by atoms with Crippen molar-refractivity contribution in [1.82, 2.24) is 4.98 Å². The number of aliphatic hydroxyl groups is 1. The lowest BCUT2D eigenvalue weighted by Crippen LogP contribution is -2.00. The minimum Gasteiger partial charge on any atom is -0.481 e. The highest BCUT2D eigenvalue weighted by Gasteiger charge is 2.03. The molecule has 0 aliphatic heterocycles. The van der Waals surface area contributed by atoms with Gasteiger partial charge in [-0.25, -0.2) is 0 Å². The maximum Gasteiger partial charge on any atom is 0.215 e. The zero-order chi connectivity index (χ0) is 13.7. The first-order valence-corrected chi connectivity index (χ1v) is 5.97. The number of halogens is 2. The average Bonchev–Trinajstić information content (AvgIpc) is 2.47. The van der Waals surface area contributed by atoms with Crippen LogP contribution in [0.5, 0.6) is 5.88 Å². The molecule has 4 N–H and O–H groups in total. The van der Waals surface area contributed by atoms with Gasteiger partial charge in [0.05, 0.1) is 13.7 Å². The molecule has 0 bridgehead atoms. The van der Waals surface area contributed by atoms with Gasteiger partial charge in [-0.15, -0.1) is 24.8 Å². The molecule has 0 saturated carbocycles. The van der Waals surface area contributed by atoms with Crippen LogP contribution in [-0.2, 0) is 13.2 Å². The van der Waals surface area contributed by atoms with Crippen molar-refractivity contribution in [2.45, 2.75) is 13.2 Å². The van der Waals surface area contributed by atoms with E-state index in [2.05, 4.69) is 10.3 Å². The maximum atomic E-state index is 9.20. The first-order chi connectivity index (χ1) is 9.25. The van der Waals surface area contributed by atoms with Gasteiger partial charge in [0.2, 0.25) is 5.88 Å². The van der Waals surface area contributed by atoms with E-state index in [4.69, 9.17) is 10.5 Å². The van der Waals surface area contributed by atoms with E-state index >= 15 is 0 Å². The van der Waals surface area contributed by atoms with E-state index in [1.165, 1.54) is 0 Å². The zero-order valence-electron chi connectivity index (χ0n) is 11.6. The van der Waals surface area contributed by atoms with Crippen LogP contribution >= 0.6 is 24.8 Å². The van der Waals surface area contributed by atoms with Gasteiger partial charge in [-0.05, 0) is 29.3 Å². The second kappa shape index (κ2) is 9.41. The lowest BCUT2D eigenvalue weighted by molar-refractivity contribution is 0.280. The lowest BCUT2D eigenvalue weighted by atomic mass is 10.2. The van der Waals surface area contributed by atoms with E-state index in [1.54, 1.807) is 19.2 Å². The standard InChI is InChI=1S/C14H17N3O2.2ClH/c1-19-14-7-11(9-18)6-13(17-14)16-12-4-2-3-10(5-12)8-15;;/h2-7,18H,8-9,15H2,1H3,(H,16,17);2*1H. The van der Waals surface area contributed by atoms with Crippen molar-refractivity contribution in [3.8, 4) is 5.88 Å². The van der Waals surface area contributed by atoms with Crippen LogP contribution in [0.25, 0.3) is 0 Å². The van der Waals surface area contributed by atoms with Crippen LogP contribution in [0.15, 0.2) is 36.4 Å². The molecular weight excluding hydrogens is 313 g/mol. The minimum absolute atomic E-state index is 0. The fraction of sp³-hybridized carbons (Fsp3) is 0.214. The summed E-state index contributed by atoms with van der Waals surface area (Å²) in [7, 11) is 1.54. The van der Waals surface area contributed by atoms with E-state index in [0.717, 1.165) is 16.8 Å². The van der Waals surface area contributed by atoms with Crippen molar-refractivity contribution in [2.24, 2.45) is 5.73 Å². The molecule has 0 unspecified atom stereocenters. The highest BCUT2D eigenvalue weighted by atomic mass is 35.5. The quantitative estimate of drug-likeness (QED) is 0.784. The summed E-state index contributed by atoms with van der Waals surface area (Å²) < 4.78 is 5.10. The molecule has 2 rings (SSSR count). The highest BCUT2D eigenvalue weighted by molar-refractivity contribution is 5.85. The number of hydrogen-bond acceptors (Lipinski definition) is 5. The zero-order valence-corrected chi connectivity index (χ0v) is 13.2. The first-order valence-electron chi connectivity index (χ1n) is 5.97. The summed E-state index contributed by atoms with van der Waals surface area (Å²) in [6.45, 7) is 0.430. The smallest absolute Gasteiger partial charge is 0.215 e. The Kier molecular flexibility index (Phi) is 8.73. The summed E-state index contributed by atoms with van der Waals surface area (Å²) in [4.78, 5) is 4.27. The number of anilines is 2. The highest BCUT2D eigenvalue weighted by Crippen LogP contribution is 2.20. The Morgan fingerprint density at radius 3 is 2.57 bits per heavy atom. The van der Waals surface area contributed by atoms with Crippen molar-refractivity contribution in [1.29, 1.82) is 0 Å². The molecule has 0 fully saturated rings. The summed E-state index contributed by atoms with van der Waals surface area (Å²) in [5.74, 6) is 1.08. The molecule has 5 nitrogen and oxygen atoms in total. The van der Waals surface area contributed by atoms with Crippen LogP contribution in [-0.4, -0.2) is 17.2 Å². The number of nitrogens with one attached hydrogen (secondary N) is 1. The van der Waals surface area contributed by atoms with Gasteiger partial charge in [0.25, 0.3) is 0 Å². The fourth-order valence-electron chi connectivity index (χ4n) is 1.74. The number of hydrogen-bond donors (Lipinski definition) is 3. The van der Waals surface area contributed by atoms with Gasteiger partial charge >= 0.3 is 0 Å². The summed E-state index contributed by atoms with van der Waals surface area (Å²) in [5, 5.41) is 12.4. The van der Waals surface area contributed by atoms with Crippen molar-refractivity contribution < 1.29 is 9.84 Å². The van der Waals surface area contributed by atoms with E-state index in [0.29, 0.717) is 18.2 Å². The molecule has 21 heavy (non-hydrogen) atoms. The summed E-state index contributed by atoms with van der Waals surface area (Å²) in [6.07, 6.45) is 0. The third-order valence-electron chi connectivity index (χ3n) is 2.69. The molecule has 0 amide bonds. The first kappa shape index (κ1) is 19.5. The third kappa shape index (κ3) is 5.40. The largest absolute Gasteiger partial charge is 0.481 e. The number of methoxy groups -OCH3 is 1. The molecule has 1 aromatic heterocycles. The Balaban J connectivity index is 0.00000200.